The van der Waals surface area contributed by atoms with Crippen molar-refractivity contribution in [3.05, 3.63) is 22.2 Å². The van der Waals surface area contributed by atoms with Crippen molar-refractivity contribution in [2.75, 3.05) is 36.4 Å². The maximum atomic E-state index is 11.5. The van der Waals surface area contributed by atoms with Crippen molar-refractivity contribution < 1.29 is 14.7 Å². The fourth-order valence-electron chi connectivity index (χ4n) is 2.76. The van der Waals surface area contributed by atoms with Gasteiger partial charge in [0, 0.05) is 48.8 Å². The lowest BCUT2D eigenvalue weighted by Crippen LogP contribution is -2.48. The first-order valence-electron chi connectivity index (χ1n) is 6.80. The summed E-state index contributed by atoms with van der Waals surface area (Å²) in [6.07, 6.45) is -1.10. The molecule has 1 fully saturated rings. The second-order valence-corrected chi connectivity index (χ2v) is 6.13. The highest BCUT2D eigenvalue weighted by Crippen LogP contribution is 2.39. The summed E-state index contributed by atoms with van der Waals surface area (Å²) >= 11 is 3.50. The number of hydrogen-bond acceptors (Lipinski definition) is 4. The van der Waals surface area contributed by atoms with E-state index in [4.69, 9.17) is 0 Å². The number of rotatable bonds is 1. The van der Waals surface area contributed by atoms with Crippen LogP contribution in [0.25, 0.3) is 0 Å². The Morgan fingerprint density at radius 3 is 2.62 bits per heavy atom. The Kier molecular flexibility index (Phi) is 3.62. The molecule has 1 aromatic rings. The molecule has 0 saturated carbocycles. The van der Waals surface area contributed by atoms with Crippen LogP contribution < -0.4 is 10.2 Å². The highest BCUT2D eigenvalue weighted by molar-refractivity contribution is 9.10. The lowest BCUT2D eigenvalue weighted by atomic mass is 10.1. The maximum Gasteiger partial charge on any atom is 0.257 e. The molecule has 21 heavy (non-hydrogen) atoms. The fourth-order valence-corrected chi connectivity index (χ4v) is 3.37. The van der Waals surface area contributed by atoms with E-state index in [1.165, 1.54) is 0 Å². The zero-order valence-electron chi connectivity index (χ0n) is 11.6. The van der Waals surface area contributed by atoms with Gasteiger partial charge in [0.25, 0.3) is 5.91 Å². The van der Waals surface area contributed by atoms with E-state index in [9.17, 15) is 14.7 Å². The average Bonchev–Trinajstić information content (AvgIpc) is 2.73. The molecule has 0 bridgehead atoms. The summed E-state index contributed by atoms with van der Waals surface area (Å²) in [6.45, 7) is 4.44. The Bertz CT molecular complexity index is 612. The van der Waals surface area contributed by atoms with Gasteiger partial charge < -0.3 is 20.2 Å². The molecule has 1 atom stereocenters. The Morgan fingerprint density at radius 1 is 1.33 bits per heavy atom. The van der Waals surface area contributed by atoms with E-state index in [0.29, 0.717) is 24.3 Å². The Morgan fingerprint density at radius 2 is 2.00 bits per heavy atom. The minimum atomic E-state index is -1.10. The first-order valence-corrected chi connectivity index (χ1v) is 7.59. The van der Waals surface area contributed by atoms with Crippen LogP contribution in [-0.4, -0.2) is 48.0 Å². The summed E-state index contributed by atoms with van der Waals surface area (Å²) < 4.78 is 0.841. The van der Waals surface area contributed by atoms with E-state index >= 15 is 0 Å². The van der Waals surface area contributed by atoms with Crippen LogP contribution in [0, 0.1) is 0 Å². The smallest absolute Gasteiger partial charge is 0.257 e. The molecule has 2 amide bonds. The highest BCUT2D eigenvalue weighted by Gasteiger charge is 2.30. The number of carbonyl (C=O) groups excluding carboxylic acids is 2. The third kappa shape index (κ3) is 2.51. The third-order valence-electron chi connectivity index (χ3n) is 3.99. The molecular formula is C14H16BrN3O3. The van der Waals surface area contributed by atoms with Crippen LogP contribution in [0.1, 0.15) is 18.6 Å². The second-order valence-electron chi connectivity index (χ2n) is 5.28. The number of aliphatic hydroxyl groups is 1. The van der Waals surface area contributed by atoms with Gasteiger partial charge in [-0.1, -0.05) is 0 Å². The van der Waals surface area contributed by atoms with Gasteiger partial charge in [0.1, 0.15) is 0 Å². The maximum absolute atomic E-state index is 11.5. The number of nitrogens with one attached hydrogen (secondary N) is 1. The zero-order valence-corrected chi connectivity index (χ0v) is 13.2. The Labute approximate surface area is 130 Å². The van der Waals surface area contributed by atoms with Gasteiger partial charge in [0.05, 0.1) is 5.69 Å². The number of nitrogens with zero attached hydrogens (tertiary/aromatic N) is 2. The van der Waals surface area contributed by atoms with Crippen LogP contribution >= 0.6 is 15.9 Å². The van der Waals surface area contributed by atoms with E-state index in [-0.39, 0.29) is 5.91 Å². The van der Waals surface area contributed by atoms with Gasteiger partial charge in [-0.05, 0) is 28.1 Å². The van der Waals surface area contributed by atoms with E-state index in [2.05, 4.69) is 26.1 Å². The monoisotopic (exact) mass is 353 g/mol. The number of amides is 2. The van der Waals surface area contributed by atoms with E-state index < -0.39 is 12.0 Å². The Balaban J connectivity index is 1.83. The van der Waals surface area contributed by atoms with E-state index in [1.54, 1.807) is 13.0 Å². The SMILES string of the molecule is CC(=O)N1CCN(c2cc3c(cc2Br)C(O)C(=O)N3)CC1. The number of hydrogen-bond donors (Lipinski definition) is 2. The predicted molar refractivity (Wildman–Crippen MR) is 82.2 cm³/mol. The van der Waals surface area contributed by atoms with Crippen molar-refractivity contribution in [1.29, 1.82) is 0 Å². The molecule has 3 rings (SSSR count). The first-order chi connectivity index (χ1) is 9.97. The van der Waals surface area contributed by atoms with Crippen molar-refractivity contribution in [2.45, 2.75) is 13.0 Å². The third-order valence-corrected chi connectivity index (χ3v) is 4.62. The molecule has 1 saturated heterocycles. The summed E-state index contributed by atoms with van der Waals surface area (Å²) in [4.78, 5) is 26.9. The number of benzene rings is 1. The van der Waals surface area contributed by atoms with Gasteiger partial charge in [0.2, 0.25) is 5.91 Å². The quantitative estimate of drug-likeness (QED) is 0.792. The van der Waals surface area contributed by atoms with Crippen molar-refractivity contribution >= 4 is 39.1 Å². The Hall–Kier alpha value is -1.60. The molecule has 0 aliphatic carbocycles. The average molecular weight is 354 g/mol. The van der Waals surface area contributed by atoms with Crippen LogP contribution in [-0.2, 0) is 9.59 Å². The molecule has 1 unspecified atom stereocenters. The molecule has 2 aliphatic heterocycles. The van der Waals surface area contributed by atoms with Gasteiger partial charge in [-0.3, -0.25) is 9.59 Å². The van der Waals surface area contributed by atoms with Crippen LogP contribution in [0.5, 0.6) is 0 Å². The molecule has 7 heteroatoms. The number of halogens is 1. The van der Waals surface area contributed by atoms with Gasteiger partial charge in [-0.25, -0.2) is 0 Å². The summed E-state index contributed by atoms with van der Waals surface area (Å²) in [6, 6.07) is 3.65. The van der Waals surface area contributed by atoms with Gasteiger partial charge in [0.15, 0.2) is 6.10 Å². The summed E-state index contributed by atoms with van der Waals surface area (Å²) in [5, 5.41) is 12.5. The fraction of sp³-hybridized carbons (Fsp3) is 0.429. The van der Waals surface area contributed by atoms with Crippen LogP contribution in [0.3, 0.4) is 0 Å². The van der Waals surface area contributed by atoms with Gasteiger partial charge in [-0.15, -0.1) is 0 Å². The molecule has 2 aliphatic rings. The van der Waals surface area contributed by atoms with E-state index in [0.717, 1.165) is 23.2 Å². The molecule has 112 valence electrons. The highest BCUT2D eigenvalue weighted by atomic mass is 79.9. The van der Waals surface area contributed by atoms with Crippen molar-refractivity contribution in [2.24, 2.45) is 0 Å². The van der Waals surface area contributed by atoms with Crippen molar-refractivity contribution in [1.82, 2.24) is 4.90 Å². The largest absolute Gasteiger partial charge is 0.378 e. The topological polar surface area (TPSA) is 72.9 Å². The minimum Gasteiger partial charge on any atom is -0.378 e. The number of aliphatic hydroxyl groups excluding tert-OH is 1. The first kappa shape index (κ1) is 14.3. The second kappa shape index (κ2) is 5.31. The molecule has 6 nitrogen and oxygen atoms in total. The van der Waals surface area contributed by atoms with Crippen LogP contribution in [0.15, 0.2) is 16.6 Å². The number of fused-ring (bicyclic) bond motifs is 1. The standard InChI is InChI=1S/C14H16BrN3O3/c1-8(19)17-2-4-18(5-3-17)12-7-11-9(6-10(12)15)13(20)14(21)16-11/h6-7,13,20H,2-5H2,1H3,(H,16,21). The van der Waals surface area contributed by atoms with Gasteiger partial charge >= 0.3 is 0 Å². The van der Waals surface area contributed by atoms with Crippen molar-refractivity contribution in [3.8, 4) is 0 Å². The molecular weight excluding hydrogens is 338 g/mol. The molecule has 0 aromatic heterocycles. The number of anilines is 2. The van der Waals surface area contributed by atoms with Crippen LogP contribution in [0.2, 0.25) is 0 Å². The predicted octanol–water partition coefficient (Wildman–Crippen LogP) is 1.10. The lowest BCUT2D eigenvalue weighted by Gasteiger charge is -2.36. The van der Waals surface area contributed by atoms with E-state index in [1.807, 2.05) is 11.0 Å². The van der Waals surface area contributed by atoms with Gasteiger partial charge in [-0.2, -0.15) is 0 Å². The van der Waals surface area contributed by atoms with Crippen LogP contribution in [0.4, 0.5) is 11.4 Å². The summed E-state index contributed by atoms with van der Waals surface area (Å²) in [5.74, 6) is -0.298. The number of piperazine rings is 1. The molecule has 0 radical (unpaired) electrons. The van der Waals surface area contributed by atoms with Crippen molar-refractivity contribution in [3.63, 3.8) is 0 Å². The summed E-state index contributed by atoms with van der Waals surface area (Å²) in [7, 11) is 0. The molecule has 2 heterocycles. The number of carbonyl (C=O) groups is 2. The minimum absolute atomic E-state index is 0.0954. The normalized spacial score (nSPS) is 21.3. The lowest BCUT2D eigenvalue weighted by molar-refractivity contribution is -0.129. The molecule has 0 spiro atoms. The summed E-state index contributed by atoms with van der Waals surface area (Å²) in [5.41, 5.74) is 2.21. The molecule has 2 N–H and O–H groups in total. The molecule has 1 aromatic carbocycles. The zero-order chi connectivity index (χ0) is 15.1.